The van der Waals surface area contributed by atoms with Gasteiger partial charge < -0.3 is 5.32 Å². The molecule has 0 bridgehead atoms. The van der Waals surface area contributed by atoms with E-state index in [2.05, 4.69) is 39.9 Å². The highest BCUT2D eigenvalue weighted by Crippen LogP contribution is 2.41. The van der Waals surface area contributed by atoms with Crippen LogP contribution in [-0.4, -0.2) is 28.9 Å². The first-order valence-corrected chi connectivity index (χ1v) is 9.99. The van der Waals surface area contributed by atoms with Crippen LogP contribution in [0, 0.1) is 6.92 Å². The predicted octanol–water partition coefficient (Wildman–Crippen LogP) is 3.57. The summed E-state index contributed by atoms with van der Waals surface area (Å²) in [6, 6.07) is 9.30. The minimum atomic E-state index is -0.336. The molecule has 1 aliphatic heterocycles. The molecule has 1 fully saturated rings. The standard InChI is InChI=1S/C20H25N3OS/c1-14-12-25-19(21-14)20(22-15(2)24)10-11-23(13-20)18-9-5-7-16-6-3-4-8-17(16)18/h3-4,6,8,12,18H,5,7,9-11,13H2,1-2H3,(H,22,24). The molecule has 0 saturated carbocycles. The van der Waals surface area contributed by atoms with Gasteiger partial charge in [0, 0.05) is 37.1 Å². The van der Waals surface area contributed by atoms with Gasteiger partial charge in [0.15, 0.2) is 0 Å². The highest BCUT2D eigenvalue weighted by Gasteiger charge is 2.45. The predicted molar refractivity (Wildman–Crippen MR) is 101 cm³/mol. The van der Waals surface area contributed by atoms with E-state index >= 15 is 0 Å². The van der Waals surface area contributed by atoms with Crippen molar-refractivity contribution in [1.29, 1.82) is 0 Å². The van der Waals surface area contributed by atoms with Crippen LogP contribution in [0.4, 0.5) is 0 Å². The molecule has 132 valence electrons. The van der Waals surface area contributed by atoms with Crippen LogP contribution in [0.2, 0.25) is 0 Å². The molecule has 2 aliphatic rings. The first kappa shape index (κ1) is 16.7. The van der Waals surface area contributed by atoms with Crippen molar-refractivity contribution in [3.05, 3.63) is 51.5 Å². The van der Waals surface area contributed by atoms with Gasteiger partial charge in [-0.05, 0) is 43.7 Å². The molecule has 25 heavy (non-hydrogen) atoms. The molecule has 5 heteroatoms. The van der Waals surface area contributed by atoms with Gasteiger partial charge in [0.2, 0.25) is 5.91 Å². The minimum absolute atomic E-state index is 0.0266. The summed E-state index contributed by atoms with van der Waals surface area (Å²) in [5, 5.41) is 6.37. The summed E-state index contributed by atoms with van der Waals surface area (Å²) in [5.41, 5.74) is 3.66. The highest BCUT2D eigenvalue weighted by molar-refractivity contribution is 7.09. The Morgan fingerprint density at radius 2 is 2.24 bits per heavy atom. The fourth-order valence-corrected chi connectivity index (χ4v) is 5.43. The molecule has 2 aromatic rings. The number of likely N-dealkylation sites (tertiary alicyclic amines) is 1. The molecular weight excluding hydrogens is 330 g/mol. The molecular formula is C20H25N3OS. The second kappa shape index (κ2) is 6.54. The van der Waals surface area contributed by atoms with E-state index in [9.17, 15) is 4.79 Å². The smallest absolute Gasteiger partial charge is 0.217 e. The van der Waals surface area contributed by atoms with E-state index in [1.54, 1.807) is 18.3 Å². The fraction of sp³-hybridized carbons (Fsp3) is 0.500. The summed E-state index contributed by atoms with van der Waals surface area (Å²) in [5.74, 6) is 0.0266. The van der Waals surface area contributed by atoms with Crippen molar-refractivity contribution in [3.63, 3.8) is 0 Å². The van der Waals surface area contributed by atoms with Crippen molar-refractivity contribution in [1.82, 2.24) is 15.2 Å². The van der Waals surface area contributed by atoms with Crippen molar-refractivity contribution in [2.24, 2.45) is 0 Å². The Morgan fingerprint density at radius 3 is 3.00 bits per heavy atom. The van der Waals surface area contributed by atoms with E-state index in [1.807, 2.05) is 6.92 Å². The second-order valence-corrected chi connectivity index (χ2v) is 8.24. The number of hydrogen-bond acceptors (Lipinski definition) is 4. The van der Waals surface area contributed by atoms with E-state index in [4.69, 9.17) is 4.98 Å². The third-order valence-electron chi connectivity index (χ3n) is 5.52. The van der Waals surface area contributed by atoms with Crippen molar-refractivity contribution in [2.75, 3.05) is 13.1 Å². The van der Waals surface area contributed by atoms with Crippen LogP contribution in [0.3, 0.4) is 0 Å². The lowest BCUT2D eigenvalue weighted by Crippen LogP contribution is -2.47. The van der Waals surface area contributed by atoms with Gasteiger partial charge in [-0.15, -0.1) is 11.3 Å². The lowest BCUT2D eigenvalue weighted by molar-refractivity contribution is -0.120. The van der Waals surface area contributed by atoms with Crippen molar-refractivity contribution >= 4 is 17.2 Å². The Morgan fingerprint density at radius 1 is 1.40 bits per heavy atom. The van der Waals surface area contributed by atoms with Crippen LogP contribution in [0.25, 0.3) is 0 Å². The molecule has 4 nitrogen and oxygen atoms in total. The third-order valence-corrected chi connectivity index (χ3v) is 6.69. The molecule has 1 N–H and O–H groups in total. The lowest BCUT2D eigenvalue weighted by Gasteiger charge is -2.35. The maximum atomic E-state index is 11.9. The molecule has 1 saturated heterocycles. The highest BCUT2D eigenvalue weighted by atomic mass is 32.1. The Kier molecular flexibility index (Phi) is 4.38. The zero-order valence-electron chi connectivity index (χ0n) is 14.9. The minimum Gasteiger partial charge on any atom is -0.343 e. The number of benzene rings is 1. The quantitative estimate of drug-likeness (QED) is 0.915. The van der Waals surface area contributed by atoms with E-state index in [1.165, 1.54) is 30.4 Å². The number of fused-ring (bicyclic) bond motifs is 1. The molecule has 0 radical (unpaired) electrons. The van der Waals surface area contributed by atoms with Crippen molar-refractivity contribution in [2.45, 2.75) is 51.1 Å². The summed E-state index contributed by atoms with van der Waals surface area (Å²) in [4.78, 5) is 19.2. The number of amides is 1. The van der Waals surface area contributed by atoms with Crippen molar-refractivity contribution in [3.8, 4) is 0 Å². The average molecular weight is 356 g/mol. The van der Waals surface area contributed by atoms with Crippen LogP contribution in [0.15, 0.2) is 29.6 Å². The summed E-state index contributed by atoms with van der Waals surface area (Å²) in [6.45, 7) is 5.47. The molecule has 1 aromatic carbocycles. The number of thiazole rings is 1. The van der Waals surface area contributed by atoms with Gasteiger partial charge in [-0.2, -0.15) is 0 Å². The van der Waals surface area contributed by atoms with Gasteiger partial charge in [-0.25, -0.2) is 4.98 Å². The van der Waals surface area contributed by atoms with Crippen LogP contribution >= 0.6 is 11.3 Å². The van der Waals surface area contributed by atoms with E-state index in [-0.39, 0.29) is 11.4 Å². The van der Waals surface area contributed by atoms with Gasteiger partial charge in [-0.3, -0.25) is 9.69 Å². The Labute approximate surface area is 153 Å². The van der Waals surface area contributed by atoms with E-state index in [0.717, 1.165) is 30.2 Å². The van der Waals surface area contributed by atoms with Gasteiger partial charge in [0.1, 0.15) is 10.5 Å². The number of nitrogens with zero attached hydrogens (tertiary/aromatic N) is 2. The summed E-state index contributed by atoms with van der Waals surface area (Å²) in [7, 11) is 0. The molecule has 1 aromatic heterocycles. The molecule has 4 rings (SSSR count). The molecule has 0 spiro atoms. The molecule has 1 aliphatic carbocycles. The number of rotatable bonds is 3. The van der Waals surface area contributed by atoms with Crippen LogP contribution in [-0.2, 0) is 16.8 Å². The lowest BCUT2D eigenvalue weighted by atomic mass is 9.87. The zero-order valence-corrected chi connectivity index (χ0v) is 15.7. The van der Waals surface area contributed by atoms with E-state index < -0.39 is 0 Å². The van der Waals surface area contributed by atoms with Gasteiger partial charge in [0.05, 0.1) is 0 Å². The largest absolute Gasteiger partial charge is 0.343 e. The monoisotopic (exact) mass is 355 g/mol. The average Bonchev–Trinajstić information content (AvgIpc) is 3.21. The van der Waals surface area contributed by atoms with Crippen LogP contribution in [0.1, 0.15) is 54.1 Å². The zero-order chi connectivity index (χ0) is 17.4. The molecule has 2 heterocycles. The molecule has 2 unspecified atom stereocenters. The first-order chi connectivity index (χ1) is 12.1. The number of carbonyl (C=O) groups excluding carboxylic acids is 1. The topological polar surface area (TPSA) is 45.2 Å². The van der Waals surface area contributed by atoms with Gasteiger partial charge in [-0.1, -0.05) is 24.3 Å². The molecule has 2 atom stereocenters. The number of carbonyl (C=O) groups is 1. The number of hydrogen-bond donors (Lipinski definition) is 1. The number of nitrogens with one attached hydrogen (secondary N) is 1. The van der Waals surface area contributed by atoms with Crippen LogP contribution < -0.4 is 5.32 Å². The fourth-order valence-electron chi connectivity index (χ4n) is 4.45. The van der Waals surface area contributed by atoms with Gasteiger partial charge in [0.25, 0.3) is 0 Å². The first-order valence-electron chi connectivity index (χ1n) is 9.11. The Balaban J connectivity index is 1.64. The number of aromatic nitrogens is 1. The summed E-state index contributed by atoms with van der Waals surface area (Å²) >= 11 is 1.67. The summed E-state index contributed by atoms with van der Waals surface area (Å²) in [6.07, 6.45) is 4.55. The van der Waals surface area contributed by atoms with Crippen molar-refractivity contribution < 1.29 is 4.79 Å². The van der Waals surface area contributed by atoms with E-state index in [0.29, 0.717) is 6.04 Å². The Hall–Kier alpha value is -1.72. The normalized spacial score (nSPS) is 26.4. The summed E-state index contributed by atoms with van der Waals surface area (Å²) < 4.78 is 0. The van der Waals surface area contributed by atoms with Crippen LogP contribution in [0.5, 0.6) is 0 Å². The SMILES string of the molecule is CC(=O)NC1(c2nc(C)cs2)CCN(C2CCCc3ccccc32)C1. The number of aryl methyl sites for hydroxylation is 2. The van der Waals surface area contributed by atoms with Gasteiger partial charge >= 0.3 is 0 Å². The Bertz CT molecular complexity index is 787. The maximum Gasteiger partial charge on any atom is 0.217 e. The second-order valence-electron chi connectivity index (χ2n) is 7.38. The third kappa shape index (κ3) is 3.11. The molecule has 1 amide bonds. The maximum absolute atomic E-state index is 11.9.